The SMILES string of the molecule is CC1NCCC1CNCCCC(F)(F)F. The van der Waals surface area contributed by atoms with Crippen molar-refractivity contribution in [3.8, 4) is 0 Å². The number of halogens is 3. The molecule has 0 spiro atoms. The lowest BCUT2D eigenvalue weighted by Gasteiger charge is -2.15. The van der Waals surface area contributed by atoms with Crippen LogP contribution in [-0.4, -0.2) is 31.9 Å². The van der Waals surface area contributed by atoms with Gasteiger partial charge in [-0.25, -0.2) is 0 Å². The maximum absolute atomic E-state index is 11.8. The van der Waals surface area contributed by atoms with E-state index in [0.717, 1.165) is 19.5 Å². The summed E-state index contributed by atoms with van der Waals surface area (Å²) in [5.41, 5.74) is 0. The Hall–Kier alpha value is -0.290. The van der Waals surface area contributed by atoms with Crippen LogP contribution in [0.15, 0.2) is 0 Å². The molecule has 1 aliphatic rings. The standard InChI is InChI=1S/C10H19F3N2/c1-8-9(3-6-15-8)7-14-5-2-4-10(11,12)13/h8-9,14-15H,2-7H2,1H3. The van der Waals surface area contributed by atoms with E-state index in [1.807, 2.05) is 0 Å². The van der Waals surface area contributed by atoms with Crippen LogP contribution in [0.25, 0.3) is 0 Å². The third-order valence-corrected chi connectivity index (χ3v) is 2.91. The topological polar surface area (TPSA) is 24.1 Å². The Kier molecular flexibility index (Phi) is 4.86. The van der Waals surface area contributed by atoms with Gasteiger partial charge in [0.25, 0.3) is 0 Å². The van der Waals surface area contributed by atoms with Crippen molar-refractivity contribution in [3.63, 3.8) is 0 Å². The van der Waals surface area contributed by atoms with Crippen LogP contribution in [0.2, 0.25) is 0 Å². The van der Waals surface area contributed by atoms with Crippen LogP contribution < -0.4 is 10.6 Å². The first-order valence-corrected chi connectivity index (χ1v) is 5.50. The minimum Gasteiger partial charge on any atom is -0.316 e. The van der Waals surface area contributed by atoms with Crippen molar-refractivity contribution in [1.82, 2.24) is 10.6 Å². The summed E-state index contributed by atoms with van der Waals surface area (Å²) in [4.78, 5) is 0. The van der Waals surface area contributed by atoms with E-state index in [1.54, 1.807) is 0 Å². The number of rotatable bonds is 5. The van der Waals surface area contributed by atoms with Crippen LogP contribution in [0.4, 0.5) is 13.2 Å². The molecule has 2 nitrogen and oxygen atoms in total. The van der Waals surface area contributed by atoms with E-state index in [2.05, 4.69) is 17.6 Å². The fourth-order valence-electron chi connectivity index (χ4n) is 1.89. The summed E-state index contributed by atoms with van der Waals surface area (Å²) in [6.45, 7) is 4.43. The van der Waals surface area contributed by atoms with E-state index in [1.165, 1.54) is 0 Å². The largest absolute Gasteiger partial charge is 0.389 e. The molecule has 0 bridgehead atoms. The normalized spacial score (nSPS) is 27.2. The van der Waals surface area contributed by atoms with Crippen LogP contribution in [0.1, 0.15) is 26.2 Å². The minimum atomic E-state index is -4.01. The van der Waals surface area contributed by atoms with Gasteiger partial charge in [0.1, 0.15) is 0 Å². The maximum atomic E-state index is 11.8. The van der Waals surface area contributed by atoms with E-state index >= 15 is 0 Å². The van der Waals surface area contributed by atoms with Gasteiger partial charge in [0.05, 0.1) is 0 Å². The number of hydrogen-bond acceptors (Lipinski definition) is 2. The third-order valence-electron chi connectivity index (χ3n) is 2.91. The van der Waals surface area contributed by atoms with Gasteiger partial charge in [0.2, 0.25) is 0 Å². The Morgan fingerprint density at radius 2 is 2.13 bits per heavy atom. The second kappa shape index (κ2) is 5.70. The van der Waals surface area contributed by atoms with Crippen molar-refractivity contribution in [2.75, 3.05) is 19.6 Å². The molecule has 1 fully saturated rings. The van der Waals surface area contributed by atoms with Crippen molar-refractivity contribution < 1.29 is 13.2 Å². The number of nitrogens with one attached hydrogen (secondary N) is 2. The zero-order valence-corrected chi connectivity index (χ0v) is 9.03. The van der Waals surface area contributed by atoms with Crippen molar-refractivity contribution in [3.05, 3.63) is 0 Å². The zero-order valence-electron chi connectivity index (χ0n) is 9.03. The number of alkyl halides is 3. The molecule has 1 rings (SSSR count). The van der Waals surface area contributed by atoms with Gasteiger partial charge in [-0.15, -0.1) is 0 Å². The van der Waals surface area contributed by atoms with E-state index in [4.69, 9.17) is 0 Å². The Morgan fingerprint density at radius 1 is 1.40 bits per heavy atom. The van der Waals surface area contributed by atoms with Gasteiger partial charge in [-0.3, -0.25) is 0 Å². The molecule has 2 atom stereocenters. The second-order valence-corrected chi connectivity index (χ2v) is 4.21. The van der Waals surface area contributed by atoms with Gasteiger partial charge in [-0.05, 0) is 45.3 Å². The average Bonchev–Trinajstić information content (AvgIpc) is 2.49. The highest BCUT2D eigenvalue weighted by Gasteiger charge is 2.26. The molecule has 0 amide bonds. The monoisotopic (exact) mass is 224 g/mol. The van der Waals surface area contributed by atoms with Crippen LogP contribution in [-0.2, 0) is 0 Å². The quantitative estimate of drug-likeness (QED) is 0.697. The highest BCUT2D eigenvalue weighted by molar-refractivity contribution is 4.81. The van der Waals surface area contributed by atoms with E-state index in [0.29, 0.717) is 18.5 Å². The van der Waals surface area contributed by atoms with E-state index < -0.39 is 12.6 Å². The molecule has 90 valence electrons. The van der Waals surface area contributed by atoms with Crippen molar-refractivity contribution in [2.24, 2.45) is 5.92 Å². The Bertz CT molecular complexity index is 182. The van der Waals surface area contributed by atoms with Gasteiger partial charge >= 0.3 is 6.18 Å². The van der Waals surface area contributed by atoms with Gasteiger partial charge in [-0.2, -0.15) is 13.2 Å². The molecule has 0 aromatic heterocycles. The fraction of sp³-hybridized carbons (Fsp3) is 1.00. The lowest BCUT2D eigenvalue weighted by atomic mass is 10.0. The van der Waals surface area contributed by atoms with Gasteiger partial charge < -0.3 is 10.6 Å². The predicted octanol–water partition coefficient (Wildman–Crippen LogP) is 1.92. The number of hydrogen-bond donors (Lipinski definition) is 2. The van der Waals surface area contributed by atoms with Crippen LogP contribution in [0.3, 0.4) is 0 Å². The Labute approximate surface area is 88.6 Å². The third kappa shape index (κ3) is 5.37. The molecular weight excluding hydrogens is 205 g/mol. The fourth-order valence-corrected chi connectivity index (χ4v) is 1.89. The maximum Gasteiger partial charge on any atom is 0.389 e. The van der Waals surface area contributed by atoms with Gasteiger partial charge in [0, 0.05) is 12.5 Å². The van der Waals surface area contributed by atoms with Crippen molar-refractivity contribution in [1.29, 1.82) is 0 Å². The lowest BCUT2D eigenvalue weighted by Crippen LogP contribution is -2.31. The smallest absolute Gasteiger partial charge is 0.316 e. The molecule has 0 aromatic carbocycles. The second-order valence-electron chi connectivity index (χ2n) is 4.21. The zero-order chi connectivity index (χ0) is 11.3. The molecule has 1 heterocycles. The summed E-state index contributed by atoms with van der Waals surface area (Å²) < 4.78 is 35.4. The van der Waals surface area contributed by atoms with E-state index in [9.17, 15) is 13.2 Å². The van der Waals surface area contributed by atoms with Gasteiger partial charge in [-0.1, -0.05) is 0 Å². The molecule has 2 N–H and O–H groups in total. The molecule has 5 heteroatoms. The summed E-state index contributed by atoms with van der Waals surface area (Å²) in [6, 6.07) is 0.486. The molecule has 0 aromatic rings. The minimum absolute atomic E-state index is 0.179. The molecule has 15 heavy (non-hydrogen) atoms. The first kappa shape index (κ1) is 12.8. The summed E-state index contributed by atoms with van der Waals surface area (Å²) in [5.74, 6) is 0.566. The predicted molar refractivity (Wildman–Crippen MR) is 53.7 cm³/mol. The first-order valence-electron chi connectivity index (χ1n) is 5.50. The first-order chi connectivity index (χ1) is 6.99. The van der Waals surface area contributed by atoms with Crippen LogP contribution >= 0.6 is 0 Å². The highest BCUT2D eigenvalue weighted by Crippen LogP contribution is 2.20. The molecule has 0 aliphatic carbocycles. The molecular formula is C10H19F3N2. The highest BCUT2D eigenvalue weighted by atomic mass is 19.4. The summed E-state index contributed by atoms with van der Waals surface area (Å²) in [7, 11) is 0. The molecule has 2 unspecified atom stereocenters. The molecule has 0 saturated carbocycles. The summed E-state index contributed by atoms with van der Waals surface area (Å²) in [6.07, 6.45) is -3.40. The summed E-state index contributed by atoms with van der Waals surface area (Å²) in [5, 5.41) is 6.41. The van der Waals surface area contributed by atoms with Crippen molar-refractivity contribution >= 4 is 0 Å². The van der Waals surface area contributed by atoms with Crippen LogP contribution in [0.5, 0.6) is 0 Å². The van der Waals surface area contributed by atoms with Gasteiger partial charge in [0.15, 0.2) is 0 Å². The lowest BCUT2D eigenvalue weighted by molar-refractivity contribution is -0.135. The van der Waals surface area contributed by atoms with E-state index in [-0.39, 0.29) is 6.42 Å². The Morgan fingerprint density at radius 3 is 2.67 bits per heavy atom. The molecule has 1 saturated heterocycles. The average molecular weight is 224 g/mol. The van der Waals surface area contributed by atoms with Crippen molar-refractivity contribution in [2.45, 2.75) is 38.4 Å². The van der Waals surface area contributed by atoms with Crippen LogP contribution in [0, 0.1) is 5.92 Å². The summed E-state index contributed by atoms with van der Waals surface area (Å²) >= 11 is 0. The Balaban J connectivity index is 1.97. The molecule has 1 aliphatic heterocycles. The molecule has 0 radical (unpaired) electrons.